The van der Waals surface area contributed by atoms with Crippen LogP contribution in [0.25, 0.3) is 11.0 Å². The van der Waals surface area contributed by atoms with Gasteiger partial charge >= 0.3 is 0 Å². The van der Waals surface area contributed by atoms with Crippen molar-refractivity contribution in [3.63, 3.8) is 0 Å². The molecule has 3 N–H and O–H groups in total. The van der Waals surface area contributed by atoms with Crippen molar-refractivity contribution in [2.75, 3.05) is 21.6 Å². The number of halogens is 5. The highest BCUT2D eigenvalue weighted by Crippen LogP contribution is 2.41. The second-order valence-corrected chi connectivity index (χ2v) is 11.5. The van der Waals surface area contributed by atoms with Gasteiger partial charge in [-0.25, -0.2) is 8.42 Å². The SMILES string of the molecule is CS(=O)(=O)Nc1cccc(NC(=O)C(C(=O)Nc2ccc(Cl)cc2)n2nc3c(Cl)c(Cl)c(Cl)c(Cl)c3n2)c1. The Bertz CT molecular complexity index is 1630. The summed E-state index contributed by atoms with van der Waals surface area (Å²) in [6.07, 6.45) is 0.984. The Morgan fingerprint density at radius 2 is 1.26 bits per heavy atom. The average molecular weight is 637 g/mol. The maximum absolute atomic E-state index is 13.4. The van der Waals surface area contributed by atoms with Gasteiger partial charge < -0.3 is 10.6 Å². The molecular weight excluding hydrogens is 622 g/mol. The number of carbonyl (C=O) groups is 2. The lowest BCUT2D eigenvalue weighted by Gasteiger charge is -2.16. The minimum atomic E-state index is -3.57. The lowest BCUT2D eigenvalue weighted by atomic mass is 10.2. The Hall–Kier alpha value is -2.80. The van der Waals surface area contributed by atoms with Crippen molar-refractivity contribution in [1.29, 1.82) is 0 Å². The molecule has 1 unspecified atom stereocenters. The molecule has 4 rings (SSSR count). The molecule has 1 heterocycles. The summed E-state index contributed by atoms with van der Waals surface area (Å²) in [5.41, 5.74) is 0.755. The van der Waals surface area contributed by atoms with Gasteiger partial charge in [-0.3, -0.25) is 14.3 Å². The molecule has 10 nitrogen and oxygen atoms in total. The largest absolute Gasteiger partial charge is 0.324 e. The van der Waals surface area contributed by atoms with Crippen LogP contribution in [0.5, 0.6) is 0 Å². The molecule has 0 saturated heterocycles. The number of fused-ring (bicyclic) bond motifs is 1. The third-order valence-electron chi connectivity index (χ3n) is 4.90. The third kappa shape index (κ3) is 6.25. The number of nitrogens with zero attached hydrogens (tertiary/aromatic N) is 3. The number of carbonyl (C=O) groups excluding carboxylic acids is 2. The summed E-state index contributed by atoms with van der Waals surface area (Å²) >= 11 is 30.7. The van der Waals surface area contributed by atoms with Crippen LogP contribution in [0.4, 0.5) is 17.1 Å². The molecule has 16 heteroatoms. The molecule has 2 amide bonds. The van der Waals surface area contributed by atoms with E-state index in [1.807, 2.05) is 0 Å². The van der Waals surface area contributed by atoms with Crippen LogP contribution in [0.15, 0.2) is 48.5 Å². The number of hydrogen-bond donors (Lipinski definition) is 3. The van der Waals surface area contributed by atoms with Gasteiger partial charge in [0.15, 0.2) is 0 Å². The smallest absolute Gasteiger partial charge is 0.260 e. The molecule has 4 aromatic rings. The van der Waals surface area contributed by atoms with Gasteiger partial charge in [0.05, 0.1) is 32.0 Å². The number of nitrogens with one attached hydrogen (secondary N) is 3. The molecule has 1 atom stereocenters. The van der Waals surface area contributed by atoms with Crippen LogP contribution >= 0.6 is 58.0 Å². The lowest BCUT2D eigenvalue weighted by molar-refractivity contribution is -0.129. The molecule has 0 bridgehead atoms. The molecule has 0 aliphatic heterocycles. The summed E-state index contributed by atoms with van der Waals surface area (Å²) in [5, 5.41) is 13.7. The van der Waals surface area contributed by atoms with Crippen LogP contribution in [0.2, 0.25) is 25.1 Å². The number of sulfonamides is 1. The van der Waals surface area contributed by atoms with E-state index in [1.165, 1.54) is 36.4 Å². The lowest BCUT2D eigenvalue weighted by Crippen LogP contribution is -2.37. The first-order chi connectivity index (χ1) is 17.8. The Balaban J connectivity index is 1.74. The summed E-state index contributed by atoms with van der Waals surface area (Å²) in [7, 11) is -3.57. The molecule has 0 aliphatic rings. The number of amides is 2. The van der Waals surface area contributed by atoms with Gasteiger partial charge in [0.1, 0.15) is 11.0 Å². The molecule has 1 aromatic heterocycles. The normalized spacial score (nSPS) is 12.3. The second kappa shape index (κ2) is 11.1. The first-order valence-electron chi connectivity index (χ1n) is 10.4. The van der Waals surface area contributed by atoms with Crippen LogP contribution in [0, 0.1) is 0 Å². The van der Waals surface area contributed by atoms with Gasteiger partial charge in [0.2, 0.25) is 16.1 Å². The molecule has 198 valence electrons. The predicted molar refractivity (Wildman–Crippen MR) is 150 cm³/mol. The van der Waals surface area contributed by atoms with Crippen LogP contribution < -0.4 is 15.4 Å². The fraction of sp³-hybridized carbons (Fsp3) is 0.0909. The summed E-state index contributed by atoms with van der Waals surface area (Å²) in [5.74, 6) is -1.68. The van der Waals surface area contributed by atoms with E-state index >= 15 is 0 Å². The molecule has 0 aliphatic carbocycles. The number of benzene rings is 3. The first kappa shape index (κ1) is 28.2. The Labute approximate surface area is 241 Å². The van der Waals surface area contributed by atoms with Crippen LogP contribution in [0.1, 0.15) is 6.04 Å². The van der Waals surface area contributed by atoms with Crippen molar-refractivity contribution >= 4 is 108 Å². The maximum atomic E-state index is 13.4. The molecule has 0 saturated carbocycles. The average Bonchev–Trinajstić information content (AvgIpc) is 3.27. The van der Waals surface area contributed by atoms with Crippen LogP contribution in [-0.2, 0) is 19.6 Å². The van der Waals surface area contributed by atoms with E-state index in [0.29, 0.717) is 10.7 Å². The quantitative estimate of drug-likeness (QED) is 0.132. The topological polar surface area (TPSA) is 135 Å². The van der Waals surface area contributed by atoms with Crippen molar-refractivity contribution in [2.45, 2.75) is 6.04 Å². The van der Waals surface area contributed by atoms with Crippen molar-refractivity contribution < 1.29 is 18.0 Å². The maximum Gasteiger partial charge on any atom is 0.260 e. The van der Waals surface area contributed by atoms with E-state index in [2.05, 4.69) is 25.6 Å². The molecule has 38 heavy (non-hydrogen) atoms. The minimum Gasteiger partial charge on any atom is -0.324 e. The van der Waals surface area contributed by atoms with E-state index < -0.39 is 27.9 Å². The van der Waals surface area contributed by atoms with Crippen molar-refractivity contribution in [3.05, 3.63) is 73.6 Å². The molecule has 0 radical (unpaired) electrons. The highest BCUT2D eigenvalue weighted by atomic mass is 35.5. The van der Waals surface area contributed by atoms with Crippen LogP contribution in [0.3, 0.4) is 0 Å². The van der Waals surface area contributed by atoms with Gasteiger partial charge in [0, 0.05) is 16.4 Å². The molecule has 0 spiro atoms. The zero-order chi connectivity index (χ0) is 27.8. The number of hydrogen-bond acceptors (Lipinski definition) is 6. The van der Waals surface area contributed by atoms with Crippen molar-refractivity contribution in [3.8, 4) is 0 Å². The van der Waals surface area contributed by atoms with Gasteiger partial charge in [-0.1, -0.05) is 64.1 Å². The highest BCUT2D eigenvalue weighted by Gasteiger charge is 2.33. The van der Waals surface area contributed by atoms with Gasteiger partial charge in [0.25, 0.3) is 11.8 Å². The fourth-order valence-electron chi connectivity index (χ4n) is 3.29. The van der Waals surface area contributed by atoms with E-state index in [1.54, 1.807) is 12.1 Å². The Kier molecular flexibility index (Phi) is 8.26. The molecular formula is C22H15Cl5N6O4S. The Morgan fingerprint density at radius 3 is 1.79 bits per heavy atom. The fourth-order valence-corrected chi connectivity index (χ4v) is 4.88. The molecule has 3 aromatic carbocycles. The van der Waals surface area contributed by atoms with Crippen LogP contribution in [-0.4, -0.2) is 41.5 Å². The molecule has 0 fully saturated rings. The van der Waals surface area contributed by atoms with Crippen molar-refractivity contribution in [1.82, 2.24) is 15.0 Å². The van der Waals surface area contributed by atoms with Gasteiger partial charge in [-0.15, -0.1) is 0 Å². The van der Waals surface area contributed by atoms with E-state index in [4.69, 9.17) is 58.0 Å². The zero-order valence-electron chi connectivity index (χ0n) is 19.0. The summed E-state index contributed by atoms with van der Waals surface area (Å²) in [6.45, 7) is 0. The monoisotopic (exact) mass is 634 g/mol. The summed E-state index contributed by atoms with van der Waals surface area (Å²) < 4.78 is 25.5. The zero-order valence-corrected chi connectivity index (χ0v) is 23.6. The summed E-state index contributed by atoms with van der Waals surface area (Å²) in [4.78, 5) is 27.6. The minimum absolute atomic E-state index is 0.0162. The standard InChI is InChI=1S/C22H15Cl5N6O4S/c1-38(36,37)32-13-4-2-3-12(9-13)29-22(35)20(21(34)28-11-7-5-10(23)6-8-11)33-30-18-16(26)14(24)15(25)17(27)19(18)31-33/h2-9,20,32H,1H3,(H,28,34)(H,29,35). The summed E-state index contributed by atoms with van der Waals surface area (Å²) in [6, 6.07) is 10.4. The third-order valence-corrected chi connectivity index (χ3v) is 7.54. The van der Waals surface area contributed by atoms with Gasteiger partial charge in [-0.05, 0) is 42.5 Å². The van der Waals surface area contributed by atoms with Crippen molar-refractivity contribution in [2.24, 2.45) is 0 Å². The number of anilines is 3. The number of rotatable bonds is 7. The first-order valence-corrected chi connectivity index (χ1v) is 14.2. The van der Waals surface area contributed by atoms with E-state index in [0.717, 1.165) is 11.1 Å². The second-order valence-electron chi connectivity index (χ2n) is 7.82. The van der Waals surface area contributed by atoms with E-state index in [-0.39, 0.29) is 42.5 Å². The Morgan fingerprint density at radius 1 is 0.763 bits per heavy atom. The van der Waals surface area contributed by atoms with Gasteiger partial charge in [-0.2, -0.15) is 15.0 Å². The van der Waals surface area contributed by atoms with E-state index in [9.17, 15) is 18.0 Å². The highest BCUT2D eigenvalue weighted by molar-refractivity contribution is 7.92. The number of aromatic nitrogens is 3. The predicted octanol–water partition coefficient (Wildman–Crippen LogP) is 5.89.